The van der Waals surface area contributed by atoms with Crippen molar-refractivity contribution in [2.45, 2.75) is 31.8 Å². The van der Waals surface area contributed by atoms with Gasteiger partial charge in [0.15, 0.2) is 6.61 Å². The van der Waals surface area contributed by atoms with Crippen molar-refractivity contribution in [1.29, 1.82) is 5.26 Å². The minimum absolute atomic E-state index is 0.287. The number of rotatable bonds is 9. The van der Waals surface area contributed by atoms with Crippen molar-refractivity contribution in [3.05, 3.63) is 71.9 Å². The van der Waals surface area contributed by atoms with Crippen LogP contribution < -0.4 is 5.32 Å². The van der Waals surface area contributed by atoms with E-state index in [2.05, 4.69) is 11.4 Å². The third-order valence-corrected chi connectivity index (χ3v) is 6.18. The predicted octanol–water partition coefficient (Wildman–Crippen LogP) is 3.14. The van der Waals surface area contributed by atoms with Crippen LogP contribution in [0.1, 0.15) is 35.7 Å². The molecular formula is C26H24N4O5. The Morgan fingerprint density at radius 2 is 1.80 bits per heavy atom. The monoisotopic (exact) mass is 472 g/mol. The molecule has 2 aromatic carbocycles. The van der Waals surface area contributed by atoms with Gasteiger partial charge in [-0.2, -0.15) is 5.26 Å². The minimum Gasteiger partial charge on any atom is -0.456 e. The van der Waals surface area contributed by atoms with Gasteiger partial charge in [-0.25, -0.2) is 4.79 Å². The van der Waals surface area contributed by atoms with Crippen molar-refractivity contribution in [2.24, 2.45) is 0 Å². The van der Waals surface area contributed by atoms with Gasteiger partial charge < -0.3 is 14.6 Å². The summed E-state index contributed by atoms with van der Waals surface area (Å²) in [6.07, 6.45) is 2.24. The van der Waals surface area contributed by atoms with Crippen molar-refractivity contribution >= 4 is 34.6 Å². The molecule has 3 amide bonds. The Kier molecular flexibility index (Phi) is 6.64. The number of ether oxygens (including phenoxy) is 1. The van der Waals surface area contributed by atoms with Crippen LogP contribution in [-0.4, -0.2) is 46.3 Å². The number of carbonyl (C=O) groups is 4. The number of nitriles is 1. The molecule has 1 aliphatic rings. The van der Waals surface area contributed by atoms with Gasteiger partial charge in [-0.05, 0) is 18.1 Å². The molecular weight excluding hydrogens is 448 g/mol. The average molecular weight is 473 g/mol. The molecule has 0 aliphatic carbocycles. The van der Waals surface area contributed by atoms with E-state index < -0.39 is 42.4 Å². The van der Waals surface area contributed by atoms with Crippen LogP contribution in [-0.2, 0) is 26.4 Å². The average Bonchev–Trinajstić information content (AvgIpc) is 3.37. The molecule has 1 aliphatic heterocycles. The molecule has 1 aromatic heterocycles. The quantitative estimate of drug-likeness (QED) is 0.290. The van der Waals surface area contributed by atoms with Crippen LogP contribution in [0.4, 0.5) is 4.79 Å². The second-order valence-corrected chi connectivity index (χ2v) is 8.19. The Morgan fingerprint density at radius 1 is 1.09 bits per heavy atom. The van der Waals surface area contributed by atoms with Gasteiger partial charge in [0.2, 0.25) is 5.78 Å². The first-order chi connectivity index (χ1) is 16.9. The number of imide groups is 1. The van der Waals surface area contributed by atoms with Crippen LogP contribution >= 0.6 is 0 Å². The molecule has 1 atom stereocenters. The summed E-state index contributed by atoms with van der Waals surface area (Å²) >= 11 is 0. The largest absolute Gasteiger partial charge is 0.456 e. The fraction of sp³-hybridized carbons (Fsp3) is 0.269. The smallest absolute Gasteiger partial charge is 0.326 e. The van der Waals surface area contributed by atoms with Crippen LogP contribution in [0.3, 0.4) is 0 Å². The van der Waals surface area contributed by atoms with E-state index in [0.29, 0.717) is 29.5 Å². The number of nitrogens with zero attached hydrogens (tertiary/aromatic N) is 3. The maximum absolute atomic E-state index is 13.1. The number of hydrogen-bond acceptors (Lipinski definition) is 6. The first kappa shape index (κ1) is 23.7. The lowest BCUT2D eigenvalue weighted by atomic mass is 9.87. The number of carbonyl (C=O) groups excluding carboxylic acids is 4. The first-order valence-corrected chi connectivity index (χ1v) is 11.2. The zero-order valence-corrected chi connectivity index (χ0v) is 19.2. The molecule has 1 saturated heterocycles. The fourth-order valence-corrected chi connectivity index (χ4v) is 4.35. The first-order valence-electron chi connectivity index (χ1n) is 11.2. The number of esters is 1. The lowest BCUT2D eigenvalue weighted by Gasteiger charge is -2.25. The number of nitrogens with one attached hydrogen (secondary N) is 1. The van der Waals surface area contributed by atoms with Crippen molar-refractivity contribution in [2.75, 3.05) is 13.2 Å². The van der Waals surface area contributed by atoms with Crippen molar-refractivity contribution in [3.8, 4) is 6.07 Å². The third kappa shape index (κ3) is 4.38. The van der Waals surface area contributed by atoms with Crippen molar-refractivity contribution in [3.63, 3.8) is 0 Å². The normalized spacial score (nSPS) is 17.3. The standard InChI is InChI=1S/C26H24N4O5/c1-2-26(18-9-4-3-5-10-18)24(33)30(25(34)28-26)16-23(32)35-17-22(31)20-15-29(14-8-13-27)21-12-7-6-11-19(20)21/h3-7,9-12,15H,2,8,14,16-17H2,1H3,(H,28,34). The molecule has 9 heteroatoms. The van der Waals surface area contributed by atoms with Crippen LogP contribution in [0.5, 0.6) is 0 Å². The van der Waals surface area contributed by atoms with Crippen LogP contribution in [0.15, 0.2) is 60.8 Å². The summed E-state index contributed by atoms with van der Waals surface area (Å²) < 4.78 is 6.95. The highest BCUT2D eigenvalue weighted by Crippen LogP contribution is 2.32. The summed E-state index contributed by atoms with van der Waals surface area (Å²) in [6.45, 7) is 1.07. The third-order valence-electron chi connectivity index (χ3n) is 6.18. The molecule has 0 saturated carbocycles. The number of amides is 3. The number of aryl methyl sites for hydroxylation is 1. The molecule has 178 valence electrons. The van der Waals surface area contributed by atoms with Crippen LogP contribution in [0.2, 0.25) is 0 Å². The molecule has 35 heavy (non-hydrogen) atoms. The van der Waals surface area contributed by atoms with Gasteiger partial charge >= 0.3 is 12.0 Å². The van der Waals surface area contributed by atoms with E-state index in [1.807, 2.05) is 16.7 Å². The summed E-state index contributed by atoms with van der Waals surface area (Å²) in [7, 11) is 0. The molecule has 9 nitrogen and oxygen atoms in total. The highest BCUT2D eigenvalue weighted by Gasteiger charge is 2.51. The Bertz CT molecular complexity index is 1340. The Morgan fingerprint density at radius 3 is 2.51 bits per heavy atom. The molecule has 0 bridgehead atoms. The number of fused-ring (bicyclic) bond motifs is 1. The molecule has 3 aromatic rings. The van der Waals surface area contributed by atoms with E-state index in [0.717, 1.165) is 10.4 Å². The highest BCUT2D eigenvalue weighted by molar-refractivity contribution is 6.10. The Balaban J connectivity index is 1.44. The Hall–Kier alpha value is -4.45. The highest BCUT2D eigenvalue weighted by atomic mass is 16.5. The number of para-hydroxylation sites is 1. The number of benzene rings is 2. The zero-order valence-electron chi connectivity index (χ0n) is 19.2. The lowest BCUT2D eigenvalue weighted by Crippen LogP contribution is -2.44. The van der Waals surface area contributed by atoms with E-state index in [1.165, 1.54) is 0 Å². The van der Waals surface area contributed by atoms with E-state index >= 15 is 0 Å². The SMILES string of the molecule is CCC1(c2ccccc2)NC(=O)N(CC(=O)OCC(=O)c2cn(CCC#N)c3ccccc23)C1=O. The van der Waals surface area contributed by atoms with E-state index in [-0.39, 0.29) is 6.42 Å². The molecule has 4 rings (SSSR count). The van der Waals surface area contributed by atoms with E-state index in [9.17, 15) is 19.2 Å². The van der Waals surface area contributed by atoms with E-state index in [1.54, 1.807) is 55.6 Å². The summed E-state index contributed by atoms with van der Waals surface area (Å²) in [5, 5.41) is 12.3. The maximum Gasteiger partial charge on any atom is 0.326 e. The molecule has 1 fully saturated rings. The van der Waals surface area contributed by atoms with Gasteiger partial charge in [0.05, 0.1) is 12.5 Å². The second kappa shape index (κ2) is 9.81. The van der Waals surface area contributed by atoms with Gasteiger partial charge in [-0.15, -0.1) is 0 Å². The van der Waals surface area contributed by atoms with Crippen molar-refractivity contribution in [1.82, 2.24) is 14.8 Å². The number of urea groups is 1. The molecule has 1 N–H and O–H groups in total. The van der Waals surface area contributed by atoms with Gasteiger partial charge in [0, 0.05) is 29.2 Å². The molecule has 2 heterocycles. The van der Waals surface area contributed by atoms with Gasteiger partial charge in [0.1, 0.15) is 12.1 Å². The molecule has 0 radical (unpaired) electrons. The van der Waals surface area contributed by atoms with Crippen LogP contribution in [0, 0.1) is 11.3 Å². The van der Waals surface area contributed by atoms with E-state index in [4.69, 9.17) is 10.00 Å². The topological polar surface area (TPSA) is 122 Å². The number of ketones is 1. The zero-order chi connectivity index (χ0) is 25.0. The molecule has 0 spiro atoms. The summed E-state index contributed by atoms with van der Waals surface area (Å²) in [4.78, 5) is 51.8. The predicted molar refractivity (Wildman–Crippen MR) is 126 cm³/mol. The minimum atomic E-state index is -1.25. The van der Waals surface area contributed by atoms with Gasteiger partial charge in [-0.3, -0.25) is 19.3 Å². The Labute approximate surface area is 201 Å². The van der Waals surface area contributed by atoms with Gasteiger partial charge in [0.25, 0.3) is 5.91 Å². The summed E-state index contributed by atoms with van der Waals surface area (Å²) in [6, 6.07) is 17.5. The number of Topliss-reactive ketones (excluding diaryl/α,β-unsaturated/α-hetero) is 1. The second-order valence-electron chi connectivity index (χ2n) is 8.19. The number of aromatic nitrogens is 1. The molecule has 1 unspecified atom stereocenters. The van der Waals surface area contributed by atoms with Gasteiger partial charge in [-0.1, -0.05) is 55.5 Å². The lowest BCUT2D eigenvalue weighted by molar-refractivity contribution is -0.147. The fourth-order valence-electron chi connectivity index (χ4n) is 4.35. The van der Waals surface area contributed by atoms with Crippen molar-refractivity contribution < 1.29 is 23.9 Å². The summed E-state index contributed by atoms with van der Waals surface area (Å²) in [5.74, 6) is -1.83. The number of hydrogen-bond donors (Lipinski definition) is 1. The summed E-state index contributed by atoms with van der Waals surface area (Å²) in [5.41, 5.74) is 0.545. The maximum atomic E-state index is 13.1. The van der Waals surface area contributed by atoms with Crippen LogP contribution in [0.25, 0.3) is 10.9 Å².